The van der Waals surface area contributed by atoms with Crippen LogP contribution in [0.3, 0.4) is 0 Å². The fourth-order valence-corrected chi connectivity index (χ4v) is 12.3. The summed E-state index contributed by atoms with van der Waals surface area (Å²) in [4.78, 5) is 2.40. The molecule has 0 bridgehead atoms. The van der Waals surface area contributed by atoms with Gasteiger partial charge in [-0.1, -0.05) is 203 Å². The highest BCUT2D eigenvalue weighted by atomic mass is 16.5. The van der Waals surface area contributed by atoms with E-state index in [9.17, 15) is 0 Å². The van der Waals surface area contributed by atoms with Gasteiger partial charge in [-0.15, -0.1) is 0 Å². The summed E-state index contributed by atoms with van der Waals surface area (Å²) >= 11 is 0. The number of hydrogen-bond donors (Lipinski definition) is 0. The van der Waals surface area contributed by atoms with E-state index in [1.807, 2.05) is 30.3 Å². The summed E-state index contributed by atoms with van der Waals surface area (Å²) in [6.45, 7) is 10.7. The van der Waals surface area contributed by atoms with Gasteiger partial charge in [-0.3, -0.25) is 0 Å². The lowest BCUT2D eigenvalue weighted by Gasteiger charge is -2.35. The monoisotopic (exact) mass is 990 g/mol. The fraction of sp³-hybridized carbons (Fsp3) is 0.0685. The lowest BCUT2D eigenvalue weighted by Crippen LogP contribution is -2.28. The van der Waals surface area contributed by atoms with E-state index in [4.69, 9.17) is 9.15 Å². The van der Waals surface area contributed by atoms with E-state index in [2.05, 4.69) is 267 Å². The van der Waals surface area contributed by atoms with Crippen LogP contribution < -0.4 is 9.64 Å². The molecular formula is C73H54N2O2. The molecule has 14 rings (SSSR count). The van der Waals surface area contributed by atoms with Crippen LogP contribution in [-0.4, -0.2) is 4.57 Å². The summed E-state index contributed by atoms with van der Waals surface area (Å²) < 4.78 is 16.0. The summed E-state index contributed by atoms with van der Waals surface area (Å²) in [5.74, 6) is 1.54. The molecule has 0 radical (unpaired) electrons. The molecule has 0 N–H and O–H groups in total. The van der Waals surface area contributed by atoms with Gasteiger partial charge in [0.2, 0.25) is 0 Å². The number of anilines is 3. The van der Waals surface area contributed by atoms with Crippen molar-refractivity contribution in [3.63, 3.8) is 0 Å². The first-order valence-corrected chi connectivity index (χ1v) is 26.5. The molecule has 1 unspecified atom stereocenters. The molecule has 4 nitrogen and oxygen atoms in total. The third kappa shape index (κ3) is 7.43. The highest BCUT2D eigenvalue weighted by molar-refractivity contribution is 6.12. The van der Waals surface area contributed by atoms with Gasteiger partial charge in [0.05, 0.1) is 22.1 Å². The molecule has 0 saturated heterocycles. The van der Waals surface area contributed by atoms with E-state index in [1.54, 1.807) is 0 Å². The molecule has 1 atom stereocenters. The summed E-state index contributed by atoms with van der Waals surface area (Å²) in [5, 5.41) is 4.65. The molecule has 1 aliphatic carbocycles. The lowest BCUT2D eigenvalue weighted by molar-refractivity contribution is 0.482. The molecule has 77 heavy (non-hydrogen) atoms. The van der Waals surface area contributed by atoms with E-state index >= 15 is 0 Å². The minimum atomic E-state index is -0.669. The summed E-state index contributed by atoms with van der Waals surface area (Å²) in [6, 6.07) is 92.1. The summed E-state index contributed by atoms with van der Waals surface area (Å²) in [6.07, 6.45) is 1.84. The topological polar surface area (TPSA) is 30.5 Å². The number of ether oxygens (including phenoxy) is 1. The number of rotatable bonds is 10. The maximum absolute atomic E-state index is 7.20. The predicted molar refractivity (Wildman–Crippen MR) is 321 cm³/mol. The van der Waals surface area contributed by atoms with Gasteiger partial charge >= 0.3 is 0 Å². The van der Waals surface area contributed by atoms with E-state index in [1.165, 1.54) is 55.2 Å². The molecule has 0 fully saturated rings. The van der Waals surface area contributed by atoms with Crippen LogP contribution in [-0.2, 0) is 10.8 Å². The molecule has 13 aromatic rings. The van der Waals surface area contributed by atoms with Crippen molar-refractivity contribution < 1.29 is 9.15 Å². The molecule has 11 aromatic carbocycles. The van der Waals surface area contributed by atoms with E-state index in [0.717, 1.165) is 78.4 Å². The minimum Gasteiger partial charge on any atom is -0.457 e. The Morgan fingerprint density at radius 3 is 1.82 bits per heavy atom. The van der Waals surface area contributed by atoms with Crippen molar-refractivity contribution in [1.29, 1.82) is 0 Å². The van der Waals surface area contributed by atoms with Gasteiger partial charge in [-0.25, -0.2) is 0 Å². The average Bonchev–Trinajstić information content (AvgIpc) is 4.36. The number of furan rings is 1. The Balaban J connectivity index is 0.953. The Hall–Kier alpha value is -9.64. The summed E-state index contributed by atoms with van der Waals surface area (Å²) in [7, 11) is 0. The lowest BCUT2D eigenvalue weighted by atomic mass is 9.67. The number of fused-ring (bicyclic) bond motifs is 9. The van der Waals surface area contributed by atoms with Gasteiger partial charge < -0.3 is 18.6 Å². The van der Waals surface area contributed by atoms with Crippen LogP contribution in [0.4, 0.5) is 17.1 Å². The van der Waals surface area contributed by atoms with E-state index in [-0.39, 0.29) is 5.41 Å². The van der Waals surface area contributed by atoms with Crippen molar-refractivity contribution in [2.24, 2.45) is 0 Å². The van der Waals surface area contributed by atoms with Crippen molar-refractivity contribution in [2.75, 3.05) is 4.90 Å². The number of nitrogens with zero attached hydrogens (tertiary/aromatic N) is 2. The van der Waals surface area contributed by atoms with Crippen molar-refractivity contribution in [1.82, 2.24) is 4.57 Å². The number of para-hydroxylation sites is 4. The van der Waals surface area contributed by atoms with Crippen molar-refractivity contribution in [3.05, 3.63) is 295 Å². The van der Waals surface area contributed by atoms with Crippen molar-refractivity contribution >= 4 is 66.9 Å². The Bertz CT molecular complexity index is 4390. The third-order valence-electron chi connectivity index (χ3n) is 15.8. The Labute approximate surface area is 449 Å². The van der Waals surface area contributed by atoms with Crippen LogP contribution >= 0.6 is 0 Å². The molecule has 0 saturated carbocycles. The van der Waals surface area contributed by atoms with Crippen LogP contribution in [0.5, 0.6) is 11.5 Å². The van der Waals surface area contributed by atoms with Crippen LogP contribution in [0.25, 0.3) is 77.8 Å². The number of aromatic nitrogens is 1. The molecule has 4 heteroatoms. The first-order chi connectivity index (χ1) is 37.8. The fourth-order valence-electron chi connectivity index (χ4n) is 12.3. The van der Waals surface area contributed by atoms with Gasteiger partial charge in [-0.05, 0) is 140 Å². The quantitative estimate of drug-likeness (QED) is 0.137. The standard InChI is InChI=1S/C73H54N2O2/c1-5-48-30-40-56(41-31-48)76-57-42-35-52(36-43-57)73(51-18-8-6-9-19-51)64-26-14-12-22-58(64)59-44-39-55(47-66(59)73)74(69-29-17-25-62-61-24-16-27-65(72(2,3)4)70(61)77-71(62)69)54-37-32-49(33-38-54)50-34-45-68-63(46-50)60-23-13-15-28-67(60)75(68)53-20-10-7-11-21-53/h5-47H,1H2,2-4H3. The second-order valence-electron chi connectivity index (χ2n) is 21.3. The molecule has 0 amide bonds. The first-order valence-electron chi connectivity index (χ1n) is 26.5. The Morgan fingerprint density at radius 1 is 0.468 bits per heavy atom. The molecule has 0 aliphatic heterocycles. The third-order valence-corrected chi connectivity index (χ3v) is 15.8. The second kappa shape index (κ2) is 18.0. The molecule has 2 heterocycles. The van der Waals surface area contributed by atoms with E-state index in [0.29, 0.717) is 0 Å². The van der Waals surface area contributed by atoms with Gasteiger partial charge in [0.15, 0.2) is 5.58 Å². The van der Waals surface area contributed by atoms with Crippen LogP contribution in [0.15, 0.2) is 266 Å². The normalized spacial score (nSPS) is 14.0. The zero-order valence-corrected chi connectivity index (χ0v) is 43.2. The van der Waals surface area contributed by atoms with Crippen molar-refractivity contribution in [3.8, 4) is 39.4 Å². The number of hydrogen-bond acceptors (Lipinski definition) is 3. The van der Waals surface area contributed by atoms with Crippen molar-refractivity contribution in [2.45, 2.75) is 31.6 Å². The zero-order valence-electron chi connectivity index (χ0n) is 43.2. The minimum absolute atomic E-state index is 0.125. The van der Waals surface area contributed by atoms with Gasteiger partial charge in [0.25, 0.3) is 0 Å². The van der Waals surface area contributed by atoms with Crippen LogP contribution in [0, 0.1) is 0 Å². The molecule has 0 spiro atoms. The maximum Gasteiger partial charge on any atom is 0.159 e. The molecular weight excluding hydrogens is 937 g/mol. The predicted octanol–water partition coefficient (Wildman–Crippen LogP) is 19.9. The molecule has 1 aliphatic rings. The molecule has 368 valence electrons. The average molecular weight is 991 g/mol. The summed E-state index contributed by atoms with van der Waals surface area (Å²) in [5.41, 5.74) is 19.2. The maximum atomic E-state index is 7.20. The molecule has 2 aromatic heterocycles. The second-order valence-corrected chi connectivity index (χ2v) is 21.3. The van der Waals surface area contributed by atoms with Gasteiger partial charge in [0, 0.05) is 44.2 Å². The highest BCUT2D eigenvalue weighted by Gasteiger charge is 2.46. The Morgan fingerprint density at radius 2 is 1.06 bits per heavy atom. The smallest absolute Gasteiger partial charge is 0.159 e. The largest absolute Gasteiger partial charge is 0.457 e. The number of benzene rings is 11. The van der Waals surface area contributed by atoms with E-state index < -0.39 is 5.41 Å². The van der Waals surface area contributed by atoms with Crippen LogP contribution in [0.1, 0.15) is 54.2 Å². The highest BCUT2D eigenvalue weighted by Crippen LogP contribution is 2.58. The Kier molecular flexibility index (Phi) is 10.8. The van der Waals surface area contributed by atoms with Gasteiger partial charge in [0.1, 0.15) is 17.1 Å². The van der Waals surface area contributed by atoms with Gasteiger partial charge in [-0.2, -0.15) is 0 Å². The van der Waals surface area contributed by atoms with Crippen LogP contribution in [0.2, 0.25) is 0 Å². The zero-order chi connectivity index (χ0) is 51.8. The first kappa shape index (κ1) is 45.9. The SMILES string of the molecule is C=Cc1ccc(Oc2ccc(C3(c4ccccc4)c4ccccc4-c4ccc(N(c5ccc(-c6ccc7c(c6)c6ccccc6n7-c6ccccc6)cc5)c5cccc6c5oc5c(C(C)(C)C)cccc56)cc43)cc2)cc1.